The highest BCUT2D eigenvalue weighted by Gasteiger charge is 2.37. The van der Waals surface area contributed by atoms with E-state index in [-0.39, 0.29) is 0 Å². The van der Waals surface area contributed by atoms with Crippen LogP contribution < -0.4 is 5.32 Å². The lowest BCUT2D eigenvalue weighted by Crippen LogP contribution is -2.34. The van der Waals surface area contributed by atoms with Crippen LogP contribution >= 0.6 is 11.8 Å². The van der Waals surface area contributed by atoms with Gasteiger partial charge in [-0.2, -0.15) is 0 Å². The zero-order valence-electron chi connectivity index (χ0n) is 12.0. The standard InChI is InChI=1S/C16H22N2OS/c1-12-4-2-3-5-14(12)10-20-11-16(19)18-8-13-6-7-17-15(13)9-18/h2-5,13,15,17H,6-11H2,1H3/t13-,15+/m0/s1. The zero-order valence-corrected chi connectivity index (χ0v) is 12.8. The smallest absolute Gasteiger partial charge is 0.232 e. The Morgan fingerprint density at radius 3 is 3.05 bits per heavy atom. The molecule has 0 bridgehead atoms. The lowest BCUT2D eigenvalue weighted by molar-refractivity contribution is -0.127. The minimum atomic E-state index is 0.305. The number of fused-ring (bicyclic) bond motifs is 1. The number of amides is 1. The molecule has 1 amide bonds. The Hall–Kier alpha value is -1.00. The molecular weight excluding hydrogens is 268 g/mol. The lowest BCUT2D eigenvalue weighted by atomic mass is 10.1. The van der Waals surface area contributed by atoms with Crippen molar-refractivity contribution in [3.05, 3.63) is 35.4 Å². The van der Waals surface area contributed by atoms with E-state index in [2.05, 4.69) is 36.5 Å². The fourth-order valence-corrected chi connectivity index (χ4v) is 4.17. The van der Waals surface area contributed by atoms with Crippen LogP contribution in [0, 0.1) is 12.8 Å². The average molecular weight is 290 g/mol. The van der Waals surface area contributed by atoms with Gasteiger partial charge in [-0.05, 0) is 36.9 Å². The van der Waals surface area contributed by atoms with Crippen molar-refractivity contribution in [2.75, 3.05) is 25.4 Å². The van der Waals surface area contributed by atoms with Crippen molar-refractivity contribution in [2.45, 2.75) is 25.1 Å². The molecule has 2 fully saturated rings. The van der Waals surface area contributed by atoms with Crippen molar-refractivity contribution in [3.8, 4) is 0 Å². The van der Waals surface area contributed by atoms with E-state index in [0.717, 1.165) is 25.4 Å². The Morgan fingerprint density at radius 1 is 1.40 bits per heavy atom. The molecule has 0 spiro atoms. The van der Waals surface area contributed by atoms with E-state index in [4.69, 9.17) is 0 Å². The molecule has 2 heterocycles. The molecular formula is C16H22N2OS. The molecule has 3 rings (SSSR count). The van der Waals surface area contributed by atoms with Gasteiger partial charge in [-0.1, -0.05) is 24.3 Å². The van der Waals surface area contributed by atoms with Crippen molar-refractivity contribution in [1.29, 1.82) is 0 Å². The van der Waals surface area contributed by atoms with E-state index in [1.165, 1.54) is 17.5 Å². The summed E-state index contributed by atoms with van der Waals surface area (Å²) in [5.74, 6) is 2.53. The molecule has 2 aliphatic rings. The van der Waals surface area contributed by atoms with Gasteiger partial charge < -0.3 is 10.2 Å². The molecule has 3 nitrogen and oxygen atoms in total. The zero-order chi connectivity index (χ0) is 13.9. The van der Waals surface area contributed by atoms with Crippen molar-refractivity contribution >= 4 is 17.7 Å². The highest BCUT2D eigenvalue weighted by molar-refractivity contribution is 7.99. The summed E-state index contributed by atoms with van der Waals surface area (Å²) in [4.78, 5) is 14.3. The second-order valence-corrected chi connectivity index (χ2v) is 6.81. The minimum absolute atomic E-state index is 0.305. The molecule has 2 saturated heterocycles. The topological polar surface area (TPSA) is 32.3 Å². The summed E-state index contributed by atoms with van der Waals surface area (Å²) in [5.41, 5.74) is 2.65. The maximum absolute atomic E-state index is 12.2. The van der Waals surface area contributed by atoms with Crippen LogP contribution in [-0.2, 0) is 10.5 Å². The highest BCUT2D eigenvalue weighted by atomic mass is 32.2. The van der Waals surface area contributed by atoms with Gasteiger partial charge in [0, 0.05) is 24.9 Å². The van der Waals surface area contributed by atoms with Crippen LogP contribution in [0.3, 0.4) is 0 Å². The van der Waals surface area contributed by atoms with Crippen LogP contribution in [0.15, 0.2) is 24.3 Å². The van der Waals surface area contributed by atoms with Gasteiger partial charge in [0.1, 0.15) is 0 Å². The Morgan fingerprint density at radius 2 is 2.25 bits per heavy atom. The van der Waals surface area contributed by atoms with Crippen LogP contribution in [0.4, 0.5) is 0 Å². The maximum Gasteiger partial charge on any atom is 0.232 e. The predicted molar refractivity (Wildman–Crippen MR) is 83.8 cm³/mol. The number of thioether (sulfide) groups is 1. The lowest BCUT2D eigenvalue weighted by Gasteiger charge is -2.17. The average Bonchev–Trinajstić information content (AvgIpc) is 3.01. The first kappa shape index (κ1) is 14.0. The van der Waals surface area contributed by atoms with Crippen LogP contribution in [0.2, 0.25) is 0 Å². The van der Waals surface area contributed by atoms with Gasteiger partial charge in [0.05, 0.1) is 5.75 Å². The summed E-state index contributed by atoms with van der Waals surface area (Å²) >= 11 is 1.73. The SMILES string of the molecule is Cc1ccccc1CSCC(=O)N1C[C@@H]2CCN[C@@H]2C1. The maximum atomic E-state index is 12.2. The molecule has 0 aliphatic carbocycles. The van der Waals surface area contributed by atoms with Gasteiger partial charge in [0.25, 0.3) is 0 Å². The molecule has 0 aromatic heterocycles. The summed E-state index contributed by atoms with van der Waals surface area (Å²) in [6.07, 6.45) is 1.23. The summed E-state index contributed by atoms with van der Waals surface area (Å²) in [6, 6.07) is 8.96. The number of carbonyl (C=O) groups is 1. The van der Waals surface area contributed by atoms with E-state index in [1.54, 1.807) is 11.8 Å². The number of carbonyl (C=O) groups excluding carboxylic acids is 1. The van der Waals surface area contributed by atoms with Gasteiger partial charge in [-0.25, -0.2) is 0 Å². The van der Waals surface area contributed by atoms with E-state index >= 15 is 0 Å². The van der Waals surface area contributed by atoms with E-state index in [9.17, 15) is 4.79 Å². The Labute approximate surface area is 125 Å². The van der Waals surface area contributed by atoms with Gasteiger partial charge in [0.2, 0.25) is 5.91 Å². The van der Waals surface area contributed by atoms with Crippen LogP contribution in [-0.4, -0.2) is 42.2 Å². The third-order valence-corrected chi connectivity index (χ3v) is 5.43. The molecule has 1 aromatic carbocycles. The predicted octanol–water partition coefficient (Wildman–Crippen LogP) is 2.05. The summed E-state index contributed by atoms with van der Waals surface area (Å²) in [7, 11) is 0. The summed E-state index contributed by atoms with van der Waals surface area (Å²) in [5, 5.41) is 3.49. The molecule has 20 heavy (non-hydrogen) atoms. The largest absolute Gasteiger partial charge is 0.340 e. The van der Waals surface area contributed by atoms with Crippen molar-refractivity contribution in [3.63, 3.8) is 0 Å². The summed E-state index contributed by atoms with van der Waals surface area (Å²) < 4.78 is 0. The normalized spacial score (nSPS) is 24.9. The molecule has 0 radical (unpaired) electrons. The van der Waals surface area contributed by atoms with Crippen LogP contribution in [0.5, 0.6) is 0 Å². The molecule has 2 aliphatic heterocycles. The number of benzene rings is 1. The molecule has 4 heteroatoms. The second kappa shape index (κ2) is 6.19. The number of nitrogens with zero attached hydrogens (tertiary/aromatic N) is 1. The van der Waals surface area contributed by atoms with Crippen molar-refractivity contribution in [1.82, 2.24) is 10.2 Å². The second-order valence-electron chi connectivity index (χ2n) is 5.83. The van der Waals surface area contributed by atoms with Crippen LogP contribution in [0.25, 0.3) is 0 Å². The number of aryl methyl sites for hydroxylation is 1. The molecule has 1 aromatic rings. The fraction of sp³-hybridized carbons (Fsp3) is 0.562. The molecule has 108 valence electrons. The number of hydrogen-bond acceptors (Lipinski definition) is 3. The molecule has 0 unspecified atom stereocenters. The Balaban J connectivity index is 1.45. The monoisotopic (exact) mass is 290 g/mol. The highest BCUT2D eigenvalue weighted by Crippen LogP contribution is 2.25. The van der Waals surface area contributed by atoms with Gasteiger partial charge in [-0.15, -0.1) is 11.8 Å². The first-order chi connectivity index (χ1) is 9.74. The van der Waals surface area contributed by atoms with E-state index < -0.39 is 0 Å². The minimum Gasteiger partial charge on any atom is -0.340 e. The summed E-state index contributed by atoms with van der Waals surface area (Å²) in [6.45, 7) is 5.13. The Bertz CT molecular complexity index is 479. The van der Waals surface area contributed by atoms with Crippen molar-refractivity contribution < 1.29 is 4.79 Å². The van der Waals surface area contributed by atoms with Gasteiger partial charge >= 0.3 is 0 Å². The van der Waals surface area contributed by atoms with Crippen LogP contribution in [0.1, 0.15) is 17.5 Å². The van der Waals surface area contributed by atoms with Gasteiger partial charge in [0.15, 0.2) is 0 Å². The van der Waals surface area contributed by atoms with E-state index in [0.29, 0.717) is 23.6 Å². The third-order valence-electron chi connectivity index (χ3n) is 4.46. The molecule has 1 N–H and O–H groups in total. The number of rotatable bonds is 4. The quantitative estimate of drug-likeness (QED) is 0.921. The first-order valence-electron chi connectivity index (χ1n) is 7.37. The number of likely N-dealkylation sites (tertiary alicyclic amines) is 1. The third kappa shape index (κ3) is 3.01. The number of nitrogens with one attached hydrogen (secondary N) is 1. The van der Waals surface area contributed by atoms with Gasteiger partial charge in [-0.3, -0.25) is 4.79 Å². The molecule has 0 saturated carbocycles. The fourth-order valence-electron chi connectivity index (χ4n) is 3.16. The Kier molecular flexibility index (Phi) is 4.32. The van der Waals surface area contributed by atoms with Crippen molar-refractivity contribution in [2.24, 2.45) is 5.92 Å². The number of hydrogen-bond donors (Lipinski definition) is 1. The molecule has 2 atom stereocenters. The van der Waals surface area contributed by atoms with E-state index in [1.807, 2.05) is 4.90 Å². The first-order valence-corrected chi connectivity index (χ1v) is 8.53.